The molecule has 0 amide bonds. The Bertz CT molecular complexity index is 359. The van der Waals surface area contributed by atoms with Crippen LogP contribution in [0.3, 0.4) is 0 Å². The first-order valence-corrected chi connectivity index (χ1v) is 5.02. The molecule has 0 saturated carbocycles. The van der Waals surface area contributed by atoms with Crippen molar-refractivity contribution in [1.29, 1.82) is 0 Å². The molecule has 0 aliphatic heterocycles. The molecule has 0 unspecified atom stereocenters. The maximum atomic E-state index is 13.2. The number of hydrogen-bond acceptors (Lipinski definition) is 2. The summed E-state index contributed by atoms with van der Waals surface area (Å²) in [4.78, 5) is 11.4. The van der Waals surface area contributed by atoms with Gasteiger partial charge in [-0.05, 0) is 36.6 Å². The highest BCUT2D eigenvalue weighted by Crippen LogP contribution is 2.18. The Morgan fingerprint density at radius 3 is 2.60 bits per heavy atom. The first kappa shape index (κ1) is 11.7. The molecule has 0 aliphatic carbocycles. The number of benzene rings is 1. The zero-order valence-electron chi connectivity index (χ0n) is 9.21. The predicted octanol–water partition coefficient (Wildman–Crippen LogP) is 3.13. The lowest BCUT2D eigenvalue weighted by molar-refractivity contribution is 0.0525. The molecule has 2 nitrogen and oxygen atoms in total. The highest BCUT2D eigenvalue weighted by atomic mass is 19.1. The van der Waals surface area contributed by atoms with Gasteiger partial charge in [0.2, 0.25) is 0 Å². The van der Waals surface area contributed by atoms with Crippen LogP contribution in [-0.4, -0.2) is 12.6 Å². The van der Waals surface area contributed by atoms with E-state index in [-0.39, 0.29) is 11.5 Å². The number of rotatable bonds is 3. The van der Waals surface area contributed by atoms with Gasteiger partial charge in [-0.3, -0.25) is 0 Å². The minimum Gasteiger partial charge on any atom is -0.462 e. The van der Waals surface area contributed by atoms with Crippen molar-refractivity contribution in [3.63, 3.8) is 0 Å². The van der Waals surface area contributed by atoms with Gasteiger partial charge < -0.3 is 4.74 Å². The second-order valence-electron chi connectivity index (χ2n) is 3.65. The van der Waals surface area contributed by atoms with Gasteiger partial charge >= 0.3 is 5.97 Å². The highest BCUT2D eigenvalue weighted by molar-refractivity contribution is 5.89. The van der Waals surface area contributed by atoms with Crippen molar-refractivity contribution in [1.82, 2.24) is 0 Å². The van der Waals surface area contributed by atoms with Crippen LogP contribution in [0.5, 0.6) is 0 Å². The highest BCUT2D eigenvalue weighted by Gasteiger charge is 2.11. The number of halogens is 1. The van der Waals surface area contributed by atoms with E-state index >= 15 is 0 Å². The van der Waals surface area contributed by atoms with E-state index in [0.29, 0.717) is 6.61 Å². The molecule has 15 heavy (non-hydrogen) atoms. The number of esters is 1. The maximum absolute atomic E-state index is 13.2. The van der Waals surface area contributed by atoms with Gasteiger partial charge in [0.05, 0.1) is 12.2 Å². The average molecular weight is 210 g/mol. The fourth-order valence-electron chi connectivity index (χ4n) is 1.28. The standard InChI is InChI=1S/C12H15FO2/c1-4-15-12(14)10-5-9(8(2)3)6-11(13)7-10/h5-8H,4H2,1-3H3. The quantitative estimate of drug-likeness (QED) is 0.716. The van der Waals surface area contributed by atoms with Crippen molar-refractivity contribution >= 4 is 5.97 Å². The van der Waals surface area contributed by atoms with Crippen molar-refractivity contribution in [2.75, 3.05) is 6.61 Å². The number of carbonyl (C=O) groups is 1. The van der Waals surface area contributed by atoms with Gasteiger partial charge in [-0.15, -0.1) is 0 Å². The van der Waals surface area contributed by atoms with Crippen LogP contribution in [0, 0.1) is 5.82 Å². The minimum absolute atomic E-state index is 0.189. The minimum atomic E-state index is -0.473. The third kappa shape index (κ3) is 3.05. The molecular weight excluding hydrogens is 195 g/mol. The third-order valence-electron chi connectivity index (χ3n) is 2.10. The molecule has 0 atom stereocenters. The lowest BCUT2D eigenvalue weighted by atomic mass is 10.0. The molecule has 0 aromatic heterocycles. The van der Waals surface area contributed by atoms with Crippen LogP contribution in [-0.2, 0) is 4.74 Å². The van der Waals surface area contributed by atoms with Gasteiger partial charge in [0.1, 0.15) is 5.82 Å². The molecule has 0 saturated heterocycles. The van der Waals surface area contributed by atoms with Gasteiger partial charge in [-0.2, -0.15) is 0 Å². The molecular formula is C12H15FO2. The summed E-state index contributed by atoms with van der Waals surface area (Å²) < 4.78 is 18.0. The van der Waals surface area contributed by atoms with Crippen LogP contribution in [0.2, 0.25) is 0 Å². The van der Waals surface area contributed by atoms with Gasteiger partial charge in [-0.1, -0.05) is 13.8 Å². The first-order chi connectivity index (χ1) is 7.04. The van der Waals surface area contributed by atoms with Crippen LogP contribution in [0.4, 0.5) is 4.39 Å². The van der Waals surface area contributed by atoms with Gasteiger partial charge in [0.25, 0.3) is 0 Å². The van der Waals surface area contributed by atoms with E-state index in [4.69, 9.17) is 4.74 Å². The maximum Gasteiger partial charge on any atom is 0.338 e. The summed E-state index contributed by atoms with van der Waals surface area (Å²) in [6.45, 7) is 5.92. The lowest BCUT2D eigenvalue weighted by Gasteiger charge is -2.08. The zero-order valence-corrected chi connectivity index (χ0v) is 9.21. The fourth-order valence-corrected chi connectivity index (χ4v) is 1.28. The smallest absolute Gasteiger partial charge is 0.338 e. The Labute approximate surface area is 89.1 Å². The normalized spacial score (nSPS) is 10.5. The Morgan fingerprint density at radius 1 is 1.40 bits per heavy atom. The van der Waals surface area contributed by atoms with E-state index in [1.807, 2.05) is 13.8 Å². The number of carbonyl (C=O) groups excluding carboxylic acids is 1. The SMILES string of the molecule is CCOC(=O)c1cc(F)cc(C(C)C)c1. The van der Waals surface area contributed by atoms with Crippen LogP contribution in [0.1, 0.15) is 42.6 Å². The predicted molar refractivity (Wildman–Crippen MR) is 56.4 cm³/mol. The van der Waals surface area contributed by atoms with Gasteiger partial charge in [0.15, 0.2) is 0 Å². The van der Waals surface area contributed by atoms with E-state index in [2.05, 4.69) is 0 Å². The monoisotopic (exact) mass is 210 g/mol. The van der Waals surface area contributed by atoms with Crippen molar-refractivity contribution in [3.8, 4) is 0 Å². The first-order valence-electron chi connectivity index (χ1n) is 5.02. The molecule has 0 spiro atoms. The summed E-state index contributed by atoms with van der Waals surface area (Å²) in [5.41, 5.74) is 1.08. The molecule has 82 valence electrons. The zero-order chi connectivity index (χ0) is 11.4. The molecule has 0 heterocycles. The van der Waals surface area contributed by atoms with Crippen molar-refractivity contribution in [2.45, 2.75) is 26.7 Å². The van der Waals surface area contributed by atoms with Crippen molar-refractivity contribution in [3.05, 3.63) is 35.1 Å². The second kappa shape index (κ2) is 4.91. The van der Waals surface area contributed by atoms with Crippen LogP contribution in [0.25, 0.3) is 0 Å². The molecule has 3 heteroatoms. The molecule has 0 fully saturated rings. The van der Waals surface area contributed by atoms with Crippen LogP contribution >= 0.6 is 0 Å². The van der Waals surface area contributed by atoms with Crippen molar-refractivity contribution < 1.29 is 13.9 Å². The molecule has 0 bridgehead atoms. The summed E-state index contributed by atoms with van der Waals surface area (Å²) in [7, 11) is 0. The Morgan fingerprint density at radius 2 is 2.07 bits per heavy atom. The van der Waals surface area contributed by atoms with E-state index in [1.54, 1.807) is 13.0 Å². The second-order valence-corrected chi connectivity index (χ2v) is 3.65. The summed E-state index contributed by atoms with van der Waals surface area (Å²) in [6, 6.07) is 4.31. The summed E-state index contributed by atoms with van der Waals surface area (Å²) in [5, 5.41) is 0. The lowest BCUT2D eigenvalue weighted by Crippen LogP contribution is -2.06. The van der Waals surface area contributed by atoms with E-state index in [1.165, 1.54) is 12.1 Å². The number of ether oxygens (including phenoxy) is 1. The van der Waals surface area contributed by atoms with E-state index in [0.717, 1.165) is 5.56 Å². The Kier molecular flexibility index (Phi) is 3.83. The van der Waals surface area contributed by atoms with Crippen LogP contribution < -0.4 is 0 Å². The van der Waals surface area contributed by atoms with Gasteiger partial charge in [-0.25, -0.2) is 9.18 Å². The molecule has 0 N–H and O–H groups in total. The molecule has 0 aliphatic rings. The molecule has 0 radical (unpaired) electrons. The molecule has 1 aromatic rings. The van der Waals surface area contributed by atoms with Crippen LogP contribution in [0.15, 0.2) is 18.2 Å². The Hall–Kier alpha value is -1.38. The van der Waals surface area contributed by atoms with E-state index < -0.39 is 11.8 Å². The molecule has 1 rings (SSSR count). The largest absolute Gasteiger partial charge is 0.462 e. The molecule has 1 aromatic carbocycles. The van der Waals surface area contributed by atoms with E-state index in [9.17, 15) is 9.18 Å². The van der Waals surface area contributed by atoms with Crippen molar-refractivity contribution in [2.24, 2.45) is 0 Å². The summed E-state index contributed by atoms with van der Waals surface area (Å²) in [6.07, 6.45) is 0. The summed E-state index contributed by atoms with van der Waals surface area (Å²) in [5.74, 6) is -0.683. The summed E-state index contributed by atoms with van der Waals surface area (Å²) >= 11 is 0. The third-order valence-corrected chi connectivity index (χ3v) is 2.10. The topological polar surface area (TPSA) is 26.3 Å². The van der Waals surface area contributed by atoms with Gasteiger partial charge in [0, 0.05) is 0 Å². The Balaban J connectivity index is 3.03. The fraction of sp³-hybridized carbons (Fsp3) is 0.417. The number of hydrogen-bond donors (Lipinski definition) is 0. The average Bonchev–Trinajstić information content (AvgIpc) is 2.17.